The van der Waals surface area contributed by atoms with Crippen LogP contribution in [-0.4, -0.2) is 38.5 Å². The Bertz CT molecular complexity index is 845. The molecular weight excluding hydrogens is 350 g/mol. The summed E-state index contributed by atoms with van der Waals surface area (Å²) in [6.07, 6.45) is 2.47. The molecule has 1 aliphatic rings. The summed E-state index contributed by atoms with van der Waals surface area (Å²) < 4.78 is 2.01. The molecule has 1 aromatic carbocycles. The van der Waals surface area contributed by atoms with Crippen LogP contribution in [0.25, 0.3) is 5.69 Å². The van der Waals surface area contributed by atoms with Crippen LogP contribution < -0.4 is 10.6 Å². The van der Waals surface area contributed by atoms with Gasteiger partial charge in [-0.3, -0.25) is 14.7 Å². The van der Waals surface area contributed by atoms with E-state index in [-0.39, 0.29) is 18.4 Å². The molecule has 1 aromatic heterocycles. The number of benzene rings is 1. The SMILES string of the molecule is C=CCSc1nnc(CC2CC(=O)NC(=O)N2)n1-c1cc(C)ccc1C. The van der Waals surface area contributed by atoms with E-state index in [4.69, 9.17) is 0 Å². The normalized spacial score (nSPS) is 16.9. The number of hydrogen-bond acceptors (Lipinski definition) is 5. The number of nitrogens with zero attached hydrogens (tertiary/aromatic N) is 3. The summed E-state index contributed by atoms with van der Waals surface area (Å²) in [6.45, 7) is 7.83. The van der Waals surface area contributed by atoms with Crippen LogP contribution in [0.2, 0.25) is 0 Å². The Morgan fingerprint density at radius 1 is 1.35 bits per heavy atom. The van der Waals surface area contributed by atoms with E-state index < -0.39 is 6.03 Å². The Morgan fingerprint density at radius 2 is 2.15 bits per heavy atom. The highest BCUT2D eigenvalue weighted by Gasteiger charge is 2.27. The van der Waals surface area contributed by atoms with Gasteiger partial charge in [-0.05, 0) is 31.0 Å². The fourth-order valence-corrected chi connectivity index (χ4v) is 3.58. The standard InChI is InChI=1S/C18H21N5O2S/c1-4-7-26-18-22-21-15(9-13-10-16(24)20-17(25)19-13)23(18)14-8-11(2)5-6-12(14)3/h4-6,8,13H,1,7,9-10H2,2-3H3,(H2,19,20,24,25). The maximum atomic E-state index is 11.6. The highest BCUT2D eigenvalue weighted by molar-refractivity contribution is 7.99. The van der Waals surface area contributed by atoms with Crippen LogP contribution in [0.5, 0.6) is 0 Å². The van der Waals surface area contributed by atoms with Gasteiger partial charge >= 0.3 is 6.03 Å². The van der Waals surface area contributed by atoms with Gasteiger partial charge in [0.2, 0.25) is 5.91 Å². The van der Waals surface area contributed by atoms with Gasteiger partial charge in [0.05, 0.1) is 5.69 Å². The first-order valence-corrected chi connectivity index (χ1v) is 9.32. The number of rotatable bonds is 6. The Kier molecular flexibility index (Phi) is 5.41. The van der Waals surface area contributed by atoms with Crippen LogP contribution in [0.3, 0.4) is 0 Å². The molecule has 26 heavy (non-hydrogen) atoms. The topological polar surface area (TPSA) is 88.9 Å². The average molecular weight is 371 g/mol. The molecule has 0 aliphatic carbocycles. The predicted octanol–water partition coefficient (Wildman–Crippen LogP) is 2.30. The second-order valence-corrected chi connectivity index (χ2v) is 7.24. The van der Waals surface area contributed by atoms with Gasteiger partial charge in [0.15, 0.2) is 5.16 Å². The highest BCUT2D eigenvalue weighted by Crippen LogP contribution is 2.26. The summed E-state index contributed by atoms with van der Waals surface area (Å²) in [4.78, 5) is 23.2. The maximum Gasteiger partial charge on any atom is 0.321 e. The first-order chi connectivity index (χ1) is 12.5. The smallest absolute Gasteiger partial charge is 0.321 e. The monoisotopic (exact) mass is 371 g/mol. The largest absolute Gasteiger partial charge is 0.334 e. The van der Waals surface area contributed by atoms with Gasteiger partial charge in [0.1, 0.15) is 5.82 Å². The second kappa shape index (κ2) is 7.74. The zero-order valence-electron chi connectivity index (χ0n) is 14.8. The van der Waals surface area contributed by atoms with E-state index in [1.807, 2.05) is 24.5 Å². The van der Waals surface area contributed by atoms with Gasteiger partial charge in [0, 0.05) is 24.6 Å². The van der Waals surface area contributed by atoms with Crippen molar-refractivity contribution >= 4 is 23.7 Å². The third kappa shape index (κ3) is 3.96. The van der Waals surface area contributed by atoms with Crippen LogP contribution >= 0.6 is 11.8 Å². The number of aromatic nitrogens is 3. The van der Waals surface area contributed by atoms with Crippen LogP contribution in [0.1, 0.15) is 23.4 Å². The van der Waals surface area contributed by atoms with Gasteiger partial charge < -0.3 is 5.32 Å². The van der Waals surface area contributed by atoms with Gasteiger partial charge in [0.25, 0.3) is 0 Å². The molecule has 0 saturated carbocycles. The minimum atomic E-state index is -0.467. The maximum absolute atomic E-state index is 11.6. The van der Waals surface area contributed by atoms with Crippen molar-refractivity contribution in [1.29, 1.82) is 0 Å². The molecular formula is C18H21N5O2S. The molecule has 1 atom stereocenters. The number of amides is 3. The molecule has 2 heterocycles. The molecule has 2 aromatic rings. The van der Waals surface area contributed by atoms with Crippen molar-refractivity contribution < 1.29 is 9.59 Å². The highest BCUT2D eigenvalue weighted by atomic mass is 32.2. The van der Waals surface area contributed by atoms with E-state index in [1.165, 1.54) is 0 Å². The molecule has 3 amide bonds. The minimum absolute atomic E-state index is 0.223. The van der Waals surface area contributed by atoms with E-state index in [1.54, 1.807) is 11.8 Å². The van der Waals surface area contributed by atoms with Crippen molar-refractivity contribution in [3.63, 3.8) is 0 Å². The minimum Gasteiger partial charge on any atom is -0.334 e. The third-order valence-corrected chi connectivity index (χ3v) is 5.01. The summed E-state index contributed by atoms with van der Waals surface area (Å²) in [5.74, 6) is 1.15. The molecule has 1 unspecified atom stereocenters. The van der Waals surface area contributed by atoms with E-state index in [2.05, 4.69) is 45.6 Å². The molecule has 1 aliphatic heterocycles. The zero-order chi connectivity index (χ0) is 18.7. The molecule has 0 bridgehead atoms. The number of hydrogen-bond donors (Lipinski definition) is 2. The van der Waals surface area contributed by atoms with Crippen LogP contribution in [0.4, 0.5) is 4.79 Å². The number of urea groups is 1. The van der Waals surface area contributed by atoms with Gasteiger partial charge in [-0.1, -0.05) is 30.0 Å². The summed E-state index contributed by atoms with van der Waals surface area (Å²) in [6, 6.07) is 5.44. The fourth-order valence-electron chi connectivity index (χ4n) is 2.88. The first kappa shape index (κ1) is 18.2. The molecule has 8 heteroatoms. The number of nitrogens with one attached hydrogen (secondary N) is 2. The van der Waals surface area contributed by atoms with Crippen molar-refractivity contribution in [2.75, 3.05) is 5.75 Å². The number of imide groups is 1. The molecule has 1 saturated heterocycles. The average Bonchev–Trinajstić information content (AvgIpc) is 2.96. The van der Waals surface area contributed by atoms with Crippen molar-refractivity contribution in [3.8, 4) is 5.69 Å². The first-order valence-electron chi connectivity index (χ1n) is 8.34. The molecule has 0 radical (unpaired) electrons. The molecule has 136 valence electrons. The van der Waals surface area contributed by atoms with Crippen molar-refractivity contribution in [2.45, 2.75) is 37.9 Å². The predicted molar refractivity (Wildman–Crippen MR) is 101 cm³/mol. The fraction of sp³-hybridized carbons (Fsp3) is 0.333. The quantitative estimate of drug-likeness (QED) is 0.601. The lowest BCUT2D eigenvalue weighted by atomic mass is 10.1. The van der Waals surface area contributed by atoms with Gasteiger partial charge in [-0.2, -0.15) is 0 Å². The Morgan fingerprint density at radius 3 is 2.88 bits per heavy atom. The number of aryl methyl sites for hydroxylation is 2. The molecule has 0 spiro atoms. The molecule has 1 fully saturated rings. The Hall–Kier alpha value is -2.61. The van der Waals surface area contributed by atoms with Crippen molar-refractivity contribution in [3.05, 3.63) is 47.8 Å². The molecule has 3 rings (SSSR count). The molecule has 2 N–H and O–H groups in total. The van der Waals surface area contributed by atoms with E-state index in [9.17, 15) is 9.59 Å². The number of carbonyl (C=O) groups is 2. The van der Waals surface area contributed by atoms with Crippen molar-refractivity contribution in [2.24, 2.45) is 0 Å². The number of thioether (sulfide) groups is 1. The molecule has 7 nitrogen and oxygen atoms in total. The lowest BCUT2D eigenvalue weighted by molar-refractivity contribution is -0.121. The van der Waals surface area contributed by atoms with E-state index in [0.717, 1.165) is 22.0 Å². The lowest BCUT2D eigenvalue weighted by Crippen LogP contribution is -2.53. The second-order valence-electron chi connectivity index (χ2n) is 6.25. The van der Waals surface area contributed by atoms with E-state index in [0.29, 0.717) is 18.0 Å². The lowest BCUT2D eigenvalue weighted by Gasteiger charge is -2.23. The van der Waals surface area contributed by atoms with Crippen LogP contribution in [0.15, 0.2) is 36.0 Å². The Labute approximate surface area is 156 Å². The van der Waals surface area contributed by atoms with E-state index >= 15 is 0 Å². The summed E-state index contributed by atoms with van der Waals surface area (Å²) in [5, 5.41) is 14.4. The van der Waals surface area contributed by atoms with Crippen LogP contribution in [0, 0.1) is 13.8 Å². The zero-order valence-corrected chi connectivity index (χ0v) is 15.6. The Balaban J connectivity index is 1.98. The van der Waals surface area contributed by atoms with Crippen molar-refractivity contribution in [1.82, 2.24) is 25.4 Å². The third-order valence-electron chi connectivity index (χ3n) is 4.09. The number of carbonyl (C=O) groups excluding carboxylic acids is 2. The van der Waals surface area contributed by atoms with Gasteiger partial charge in [-0.25, -0.2) is 4.79 Å². The summed E-state index contributed by atoms with van der Waals surface area (Å²) in [5.41, 5.74) is 3.24. The van der Waals surface area contributed by atoms with Crippen LogP contribution in [-0.2, 0) is 11.2 Å². The summed E-state index contributed by atoms with van der Waals surface area (Å²) >= 11 is 1.55. The summed E-state index contributed by atoms with van der Waals surface area (Å²) in [7, 11) is 0. The van der Waals surface area contributed by atoms with Gasteiger partial charge in [-0.15, -0.1) is 16.8 Å².